The van der Waals surface area contributed by atoms with Gasteiger partial charge in [-0.15, -0.1) is 6.42 Å². The van der Waals surface area contributed by atoms with Crippen LogP contribution in [0.1, 0.15) is 39.2 Å². The van der Waals surface area contributed by atoms with E-state index in [1.165, 1.54) is 4.90 Å². The fourth-order valence-corrected chi connectivity index (χ4v) is 2.78. The van der Waals surface area contributed by atoms with Crippen molar-refractivity contribution in [2.45, 2.75) is 51.4 Å². The zero-order valence-electron chi connectivity index (χ0n) is 15.6. The number of carbonyl (C=O) groups is 2. The number of likely N-dealkylation sites (tertiary alicyclic amines) is 1. The first-order valence-corrected chi connectivity index (χ1v) is 8.68. The number of benzene rings is 1. The maximum atomic E-state index is 12.4. The van der Waals surface area contributed by atoms with Crippen LogP contribution in [0.4, 0.5) is 9.59 Å². The van der Waals surface area contributed by atoms with Crippen LogP contribution >= 0.6 is 0 Å². The van der Waals surface area contributed by atoms with Crippen molar-refractivity contribution in [1.82, 2.24) is 10.2 Å². The van der Waals surface area contributed by atoms with Gasteiger partial charge in [-0.1, -0.05) is 36.3 Å². The molecule has 1 aromatic carbocycles. The highest BCUT2D eigenvalue weighted by molar-refractivity contribution is 5.71. The third-order valence-corrected chi connectivity index (χ3v) is 3.97. The maximum Gasteiger partial charge on any atom is 0.410 e. The van der Waals surface area contributed by atoms with Crippen molar-refractivity contribution in [2.75, 3.05) is 13.1 Å². The molecule has 1 aromatic rings. The molecule has 6 heteroatoms. The van der Waals surface area contributed by atoms with Crippen molar-refractivity contribution < 1.29 is 19.1 Å². The van der Waals surface area contributed by atoms with Gasteiger partial charge < -0.3 is 19.7 Å². The summed E-state index contributed by atoms with van der Waals surface area (Å²) in [4.78, 5) is 26.0. The third kappa shape index (κ3) is 5.69. The van der Waals surface area contributed by atoms with Crippen molar-refractivity contribution in [3.8, 4) is 12.3 Å². The number of alkyl carbamates (subject to hydrolysis) is 1. The average Bonchev–Trinajstić information content (AvgIpc) is 2.59. The minimum absolute atomic E-state index is 0.191. The van der Waals surface area contributed by atoms with Gasteiger partial charge in [0.15, 0.2) is 0 Å². The number of rotatable bonds is 3. The van der Waals surface area contributed by atoms with Crippen molar-refractivity contribution in [3.63, 3.8) is 0 Å². The molecule has 6 nitrogen and oxygen atoms in total. The van der Waals surface area contributed by atoms with E-state index < -0.39 is 23.3 Å². The van der Waals surface area contributed by atoms with Gasteiger partial charge in [0, 0.05) is 6.54 Å². The lowest BCUT2D eigenvalue weighted by molar-refractivity contribution is 0.0396. The van der Waals surface area contributed by atoms with Crippen LogP contribution in [0, 0.1) is 12.3 Å². The molecule has 0 aliphatic carbocycles. The molecule has 1 atom stereocenters. The second-order valence-electron chi connectivity index (χ2n) is 7.42. The molecular weight excluding hydrogens is 332 g/mol. The molecule has 2 amide bonds. The first-order valence-electron chi connectivity index (χ1n) is 8.68. The number of carbonyl (C=O) groups excluding carboxylic acids is 2. The topological polar surface area (TPSA) is 67.9 Å². The summed E-state index contributed by atoms with van der Waals surface area (Å²) in [6.07, 6.45) is 5.89. The highest BCUT2D eigenvalue weighted by Crippen LogP contribution is 2.22. The highest BCUT2D eigenvalue weighted by Gasteiger charge is 2.38. The summed E-state index contributed by atoms with van der Waals surface area (Å²) in [6, 6.07) is 9.45. The molecule has 0 aromatic heterocycles. The van der Waals surface area contributed by atoms with Crippen LogP contribution in [0.5, 0.6) is 0 Å². The molecule has 140 valence electrons. The summed E-state index contributed by atoms with van der Waals surface area (Å²) < 4.78 is 10.7. The van der Waals surface area contributed by atoms with E-state index in [9.17, 15) is 9.59 Å². The molecule has 26 heavy (non-hydrogen) atoms. The molecule has 2 rings (SSSR count). The summed E-state index contributed by atoms with van der Waals surface area (Å²) in [7, 11) is 0. The highest BCUT2D eigenvalue weighted by atomic mass is 16.6. The summed E-state index contributed by atoms with van der Waals surface area (Å²) >= 11 is 0. The van der Waals surface area contributed by atoms with Crippen LogP contribution in [-0.2, 0) is 16.1 Å². The second kappa shape index (κ2) is 8.13. The number of amides is 2. The fourth-order valence-electron chi connectivity index (χ4n) is 2.78. The third-order valence-electron chi connectivity index (χ3n) is 3.97. The Bertz CT molecular complexity index is 675. The quantitative estimate of drug-likeness (QED) is 0.842. The smallest absolute Gasteiger partial charge is 0.410 e. The van der Waals surface area contributed by atoms with Gasteiger partial charge >= 0.3 is 12.2 Å². The number of piperidine rings is 1. The second-order valence-corrected chi connectivity index (χ2v) is 7.42. The molecule has 1 aliphatic heterocycles. The molecule has 0 bridgehead atoms. The molecule has 1 N–H and O–H groups in total. The maximum absolute atomic E-state index is 12.4. The normalized spacial score (nSPS) is 20.0. The SMILES string of the molecule is C#CC1(NC(=O)OC(C)(C)C)CCCN(C(=O)OCc2ccccc2)C1. The van der Waals surface area contributed by atoms with E-state index in [2.05, 4.69) is 11.2 Å². The minimum atomic E-state index is -0.952. The molecular formula is C20H26N2O4. The van der Waals surface area contributed by atoms with E-state index in [0.717, 1.165) is 5.56 Å². The van der Waals surface area contributed by atoms with Crippen LogP contribution in [0.3, 0.4) is 0 Å². The van der Waals surface area contributed by atoms with E-state index in [-0.39, 0.29) is 13.2 Å². The van der Waals surface area contributed by atoms with E-state index in [4.69, 9.17) is 15.9 Å². The molecule has 1 aliphatic rings. The van der Waals surface area contributed by atoms with E-state index >= 15 is 0 Å². The Morgan fingerprint density at radius 1 is 1.31 bits per heavy atom. The van der Waals surface area contributed by atoms with Gasteiger partial charge in [-0.25, -0.2) is 9.59 Å². The summed E-state index contributed by atoms with van der Waals surface area (Å²) in [5.74, 6) is 2.63. The van der Waals surface area contributed by atoms with Gasteiger partial charge in [0.1, 0.15) is 17.7 Å². The van der Waals surface area contributed by atoms with Gasteiger partial charge in [-0.05, 0) is 39.2 Å². The molecule has 0 spiro atoms. The Hall–Kier alpha value is -2.68. The predicted molar refractivity (Wildman–Crippen MR) is 98.4 cm³/mol. The summed E-state index contributed by atoms with van der Waals surface area (Å²) in [6.45, 7) is 6.26. The molecule has 1 fully saturated rings. The number of terminal acetylenes is 1. The Morgan fingerprint density at radius 3 is 2.62 bits per heavy atom. The molecule has 1 heterocycles. The van der Waals surface area contributed by atoms with Gasteiger partial charge in [-0.2, -0.15) is 0 Å². The van der Waals surface area contributed by atoms with Crippen LogP contribution in [0.15, 0.2) is 30.3 Å². The first-order chi connectivity index (χ1) is 12.2. The van der Waals surface area contributed by atoms with Crippen molar-refractivity contribution in [3.05, 3.63) is 35.9 Å². The molecule has 0 radical (unpaired) electrons. The Balaban J connectivity index is 1.96. The molecule has 1 saturated heterocycles. The van der Waals surface area contributed by atoms with Crippen LogP contribution < -0.4 is 5.32 Å². The predicted octanol–water partition coefficient (Wildman–Crippen LogP) is 3.32. The lowest BCUT2D eigenvalue weighted by Crippen LogP contribution is -2.59. The number of hydrogen-bond acceptors (Lipinski definition) is 4. The number of nitrogens with zero attached hydrogens (tertiary/aromatic N) is 1. The number of ether oxygens (including phenoxy) is 2. The Morgan fingerprint density at radius 2 is 2.00 bits per heavy atom. The monoisotopic (exact) mass is 358 g/mol. The lowest BCUT2D eigenvalue weighted by Gasteiger charge is -2.39. The van der Waals surface area contributed by atoms with E-state index in [1.807, 2.05) is 30.3 Å². The van der Waals surface area contributed by atoms with E-state index in [1.54, 1.807) is 20.8 Å². The summed E-state index contributed by atoms with van der Waals surface area (Å²) in [5.41, 5.74) is -0.664. The van der Waals surface area contributed by atoms with Crippen molar-refractivity contribution in [1.29, 1.82) is 0 Å². The first kappa shape index (κ1) is 19.6. The Kier molecular flexibility index (Phi) is 6.14. The van der Waals surface area contributed by atoms with Gasteiger partial charge in [0.05, 0.1) is 6.54 Å². The molecule has 0 saturated carbocycles. The zero-order valence-corrected chi connectivity index (χ0v) is 15.6. The Labute approximate surface area is 154 Å². The lowest BCUT2D eigenvalue weighted by atomic mass is 9.90. The van der Waals surface area contributed by atoms with Crippen LogP contribution in [0.25, 0.3) is 0 Å². The number of hydrogen-bond donors (Lipinski definition) is 1. The summed E-state index contributed by atoms with van der Waals surface area (Å²) in [5, 5.41) is 2.75. The van der Waals surface area contributed by atoms with E-state index in [0.29, 0.717) is 19.4 Å². The number of nitrogens with one attached hydrogen (secondary N) is 1. The minimum Gasteiger partial charge on any atom is -0.445 e. The van der Waals surface area contributed by atoms with Crippen molar-refractivity contribution >= 4 is 12.2 Å². The van der Waals surface area contributed by atoms with Gasteiger partial charge in [0.25, 0.3) is 0 Å². The fraction of sp³-hybridized carbons (Fsp3) is 0.500. The average molecular weight is 358 g/mol. The zero-order chi connectivity index (χ0) is 19.2. The van der Waals surface area contributed by atoms with Crippen molar-refractivity contribution in [2.24, 2.45) is 0 Å². The van der Waals surface area contributed by atoms with Crippen LogP contribution in [-0.4, -0.2) is 41.3 Å². The molecule has 1 unspecified atom stereocenters. The largest absolute Gasteiger partial charge is 0.445 e. The standard InChI is InChI=1S/C20H26N2O4/c1-5-20(21-17(23)26-19(2,3)4)12-9-13-22(15-20)18(24)25-14-16-10-7-6-8-11-16/h1,6-8,10-11H,9,12-15H2,2-4H3,(H,21,23). The van der Waals surface area contributed by atoms with Gasteiger partial charge in [-0.3, -0.25) is 0 Å². The van der Waals surface area contributed by atoms with Gasteiger partial charge in [0.2, 0.25) is 0 Å². The van der Waals surface area contributed by atoms with Crippen LogP contribution in [0.2, 0.25) is 0 Å².